The Balaban J connectivity index is 2.10. The lowest BCUT2D eigenvalue weighted by atomic mass is 10.2. The zero-order valence-electron chi connectivity index (χ0n) is 12.2. The number of rotatable bonds is 2. The molecule has 0 spiro atoms. The van der Waals surface area contributed by atoms with E-state index in [1.54, 1.807) is 13.0 Å². The number of aryl methyl sites for hydroxylation is 1. The first-order valence-corrected chi connectivity index (χ1v) is 6.96. The van der Waals surface area contributed by atoms with Crippen LogP contribution in [0.15, 0.2) is 36.5 Å². The number of hydrogen-bond acceptors (Lipinski definition) is 3. The highest BCUT2D eigenvalue weighted by atomic mass is 35.5. The summed E-state index contributed by atoms with van der Waals surface area (Å²) < 4.78 is 38.3. The summed E-state index contributed by atoms with van der Waals surface area (Å²) in [6.07, 6.45) is -3.23. The van der Waals surface area contributed by atoms with Crippen LogP contribution in [0.1, 0.15) is 11.1 Å². The molecule has 0 unspecified atom stereocenters. The molecule has 0 radical (unpaired) electrons. The van der Waals surface area contributed by atoms with Crippen molar-refractivity contribution in [2.45, 2.75) is 13.1 Å². The van der Waals surface area contributed by atoms with Gasteiger partial charge < -0.3 is 10.6 Å². The predicted molar refractivity (Wildman–Crippen MR) is 82.7 cm³/mol. The summed E-state index contributed by atoms with van der Waals surface area (Å²) in [4.78, 5) is 27.4. The number of hydrogen-bond donors (Lipinski definition) is 2. The number of amides is 2. The molecule has 1 aromatic heterocycles. The van der Waals surface area contributed by atoms with Crippen LogP contribution >= 0.6 is 11.6 Å². The number of alkyl halides is 3. The third kappa shape index (κ3) is 4.45. The second-order valence-electron chi connectivity index (χ2n) is 4.82. The van der Waals surface area contributed by atoms with Crippen molar-refractivity contribution in [2.24, 2.45) is 0 Å². The number of carbonyl (C=O) groups excluding carboxylic acids is 2. The summed E-state index contributed by atoms with van der Waals surface area (Å²) in [5.41, 5.74) is -0.500. The SMILES string of the molecule is Cc1ccnc(NC(=O)C(=O)Nc2ccc(Cl)c(C(F)(F)F)c2)c1. The summed E-state index contributed by atoms with van der Waals surface area (Å²) in [5.74, 6) is -2.03. The fraction of sp³-hybridized carbons (Fsp3) is 0.133. The molecule has 2 aromatic rings. The molecule has 126 valence electrons. The van der Waals surface area contributed by atoms with Gasteiger partial charge in [0.2, 0.25) is 0 Å². The standard InChI is InChI=1S/C15H11ClF3N3O2/c1-8-4-5-20-12(6-8)22-14(24)13(23)21-9-2-3-11(16)10(7-9)15(17,18)19/h2-7H,1H3,(H,21,23)(H,20,22,24). The van der Waals surface area contributed by atoms with E-state index in [4.69, 9.17) is 11.6 Å². The maximum Gasteiger partial charge on any atom is 0.417 e. The van der Waals surface area contributed by atoms with Crippen molar-refractivity contribution < 1.29 is 22.8 Å². The van der Waals surface area contributed by atoms with Crippen molar-refractivity contribution in [2.75, 3.05) is 10.6 Å². The Morgan fingerprint density at radius 1 is 1.08 bits per heavy atom. The first-order valence-electron chi connectivity index (χ1n) is 6.58. The van der Waals surface area contributed by atoms with Gasteiger partial charge in [-0.25, -0.2) is 4.98 Å². The molecule has 0 aliphatic rings. The number of anilines is 2. The maximum atomic E-state index is 12.8. The van der Waals surface area contributed by atoms with E-state index in [1.165, 1.54) is 12.3 Å². The van der Waals surface area contributed by atoms with Gasteiger partial charge in [0.1, 0.15) is 5.82 Å². The summed E-state index contributed by atoms with van der Waals surface area (Å²) in [5, 5.41) is 3.82. The molecular formula is C15H11ClF3N3O2. The van der Waals surface area contributed by atoms with Gasteiger partial charge >= 0.3 is 18.0 Å². The van der Waals surface area contributed by atoms with Crippen molar-refractivity contribution in [3.8, 4) is 0 Å². The van der Waals surface area contributed by atoms with Gasteiger partial charge in [0.15, 0.2) is 0 Å². The summed E-state index contributed by atoms with van der Waals surface area (Å²) in [6, 6.07) is 6.03. The minimum atomic E-state index is -4.68. The molecule has 0 fully saturated rings. The van der Waals surface area contributed by atoms with Gasteiger partial charge in [-0.15, -0.1) is 0 Å². The zero-order valence-corrected chi connectivity index (χ0v) is 13.0. The molecule has 2 rings (SSSR count). The van der Waals surface area contributed by atoms with Gasteiger partial charge in [-0.2, -0.15) is 13.2 Å². The highest BCUT2D eigenvalue weighted by molar-refractivity contribution is 6.43. The van der Waals surface area contributed by atoms with Crippen LogP contribution in [0.2, 0.25) is 5.02 Å². The molecule has 0 atom stereocenters. The monoisotopic (exact) mass is 357 g/mol. The zero-order chi connectivity index (χ0) is 17.9. The van der Waals surface area contributed by atoms with E-state index >= 15 is 0 Å². The molecule has 5 nitrogen and oxygen atoms in total. The average molecular weight is 358 g/mol. The molecule has 0 bridgehead atoms. The summed E-state index contributed by atoms with van der Waals surface area (Å²) in [6.45, 7) is 1.77. The number of nitrogens with one attached hydrogen (secondary N) is 2. The fourth-order valence-electron chi connectivity index (χ4n) is 1.79. The molecule has 2 N–H and O–H groups in total. The first-order chi connectivity index (χ1) is 11.2. The molecule has 1 aromatic carbocycles. The first kappa shape index (κ1) is 17.7. The second-order valence-corrected chi connectivity index (χ2v) is 5.23. The van der Waals surface area contributed by atoms with Crippen LogP contribution in [-0.4, -0.2) is 16.8 Å². The number of aromatic nitrogens is 1. The van der Waals surface area contributed by atoms with Gasteiger partial charge in [0, 0.05) is 11.9 Å². The van der Waals surface area contributed by atoms with E-state index in [1.807, 2.05) is 0 Å². The minimum absolute atomic E-state index is 0.155. The predicted octanol–water partition coefficient (Wildman–Crippen LogP) is 3.64. The van der Waals surface area contributed by atoms with Crippen LogP contribution < -0.4 is 10.6 Å². The van der Waals surface area contributed by atoms with E-state index in [2.05, 4.69) is 15.6 Å². The number of carbonyl (C=O) groups is 2. The Morgan fingerprint density at radius 3 is 2.38 bits per heavy atom. The summed E-state index contributed by atoms with van der Waals surface area (Å²) in [7, 11) is 0. The Labute approximate surface area is 139 Å². The Morgan fingerprint density at radius 2 is 1.75 bits per heavy atom. The highest BCUT2D eigenvalue weighted by Crippen LogP contribution is 2.36. The molecule has 1 heterocycles. The van der Waals surface area contributed by atoms with E-state index in [-0.39, 0.29) is 11.5 Å². The van der Waals surface area contributed by atoms with Gasteiger partial charge in [-0.1, -0.05) is 11.6 Å². The maximum absolute atomic E-state index is 12.8. The minimum Gasteiger partial charge on any atom is -0.318 e. The molecule has 24 heavy (non-hydrogen) atoms. The van der Waals surface area contributed by atoms with E-state index in [0.29, 0.717) is 6.07 Å². The molecule has 0 saturated heterocycles. The van der Waals surface area contributed by atoms with Gasteiger partial charge in [0.05, 0.1) is 10.6 Å². The smallest absolute Gasteiger partial charge is 0.318 e. The third-order valence-electron chi connectivity index (χ3n) is 2.89. The number of pyridine rings is 1. The van der Waals surface area contributed by atoms with Crippen LogP contribution in [0.5, 0.6) is 0 Å². The van der Waals surface area contributed by atoms with Gasteiger partial charge in [-0.3, -0.25) is 9.59 Å². The largest absolute Gasteiger partial charge is 0.417 e. The Bertz CT molecular complexity index is 794. The molecule has 0 aliphatic carbocycles. The number of benzene rings is 1. The fourth-order valence-corrected chi connectivity index (χ4v) is 2.01. The Hall–Kier alpha value is -2.61. The van der Waals surface area contributed by atoms with E-state index in [0.717, 1.165) is 17.7 Å². The van der Waals surface area contributed by atoms with Crippen LogP contribution in [0.4, 0.5) is 24.7 Å². The molecular weight excluding hydrogens is 347 g/mol. The van der Waals surface area contributed by atoms with Crippen LogP contribution in [0, 0.1) is 6.92 Å². The number of nitrogens with zero attached hydrogens (tertiary/aromatic N) is 1. The van der Waals surface area contributed by atoms with Crippen molar-refractivity contribution >= 4 is 34.9 Å². The highest BCUT2D eigenvalue weighted by Gasteiger charge is 2.33. The van der Waals surface area contributed by atoms with Crippen molar-refractivity contribution in [1.29, 1.82) is 0 Å². The van der Waals surface area contributed by atoms with Crippen LogP contribution in [-0.2, 0) is 15.8 Å². The van der Waals surface area contributed by atoms with Crippen LogP contribution in [0.25, 0.3) is 0 Å². The van der Waals surface area contributed by atoms with Crippen molar-refractivity contribution in [3.63, 3.8) is 0 Å². The normalized spacial score (nSPS) is 11.0. The summed E-state index contributed by atoms with van der Waals surface area (Å²) >= 11 is 5.48. The molecule has 0 aliphatic heterocycles. The van der Waals surface area contributed by atoms with Gasteiger partial charge in [-0.05, 0) is 42.8 Å². The lowest BCUT2D eigenvalue weighted by Gasteiger charge is -2.11. The third-order valence-corrected chi connectivity index (χ3v) is 3.22. The molecule has 2 amide bonds. The number of halogens is 4. The second kappa shape index (κ2) is 6.88. The lowest BCUT2D eigenvalue weighted by Crippen LogP contribution is -2.29. The van der Waals surface area contributed by atoms with Crippen molar-refractivity contribution in [3.05, 3.63) is 52.7 Å². The lowest BCUT2D eigenvalue weighted by molar-refractivity contribution is -0.137. The van der Waals surface area contributed by atoms with E-state index in [9.17, 15) is 22.8 Å². The molecule has 0 saturated carbocycles. The van der Waals surface area contributed by atoms with Gasteiger partial charge in [0.25, 0.3) is 0 Å². The quantitative estimate of drug-likeness (QED) is 0.806. The Kier molecular flexibility index (Phi) is 5.08. The van der Waals surface area contributed by atoms with Crippen molar-refractivity contribution in [1.82, 2.24) is 4.98 Å². The van der Waals surface area contributed by atoms with Crippen LogP contribution in [0.3, 0.4) is 0 Å². The topological polar surface area (TPSA) is 71.1 Å². The van der Waals surface area contributed by atoms with E-state index < -0.39 is 28.6 Å². The average Bonchev–Trinajstić information content (AvgIpc) is 2.48. The molecule has 9 heteroatoms.